The molecule has 2 N–H and O–H groups in total. The van der Waals surface area contributed by atoms with E-state index >= 15 is 0 Å². The van der Waals surface area contributed by atoms with Gasteiger partial charge >= 0.3 is 0 Å². The Hall–Kier alpha value is -0.930. The number of nitrogens with two attached hydrogens (primary N) is 1. The van der Waals surface area contributed by atoms with Crippen LogP contribution in [0, 0.1) is 6.92 Å². The standard InChI is InChI=1S/C14H23N3/c1-12-5-6-14(16-11-12)13(15)7-10-17-8-3-2-4-9-17/h5-6,11,13H,2-4,7-10,15H2,1H3. The van der Waals surface area contributed by atoms with Gasteiger partial charge in [0.25, 0.3) is 0 Å². The minimum Gasteiger partial charge on any atom is -0.323 e. The number of nitrogens with zero attached hydrogens (tertiary/aromatic N) is 2. The normalized spacial score (nSPS) is 19.2. The van der Waals surface area contributed by atoms with Gasteiger partial charge in [-0.3, -0.25) is 4.98 Å². The third kappa shape index (κ3) is 3.79. The Bertz CT molecular complexity index is 328. The molecule has 0 bridgehead atoms. The zero-order chi connectivity index (χ0) is 12.1. The summed E-state index contributed by atoms with van der Waals surface area (Å²) in [7, 11) is 0. The Morgan fingerprint density at radius 1 is 1.29 bits per heavy atom. The molecule has 94 valence electrons. The quantitative estimate of drug-likeness (QED) is 0.867. The van der Waals surface area contributed by atoms with Crippen molar-refractivity contribution in [2.75, 3.05) is 19.6 Å². The first-order valence-corrected chi connectivity index (χ1v) is 6.66. The van der Waals surface area contributed by atoms with Gasteiger partial charge in [0.05, 0.1) is 5.69 Å². The molecule has 3 nitrogen and oxygen atoms in total. The number of hydrogen-bond donors (Lipinski definition) is 1. The van der Waals surface area contributed by atoms with Crippen LogP contribution in [0.3, 0.4) is 0 Å². The predicted molar refractivity (Wildman–Crippen MR) is 70.8 cm³/mol. The van der Waals surface area contributed by atoms with Crippen molar-refractivity contribution in [1.29, 1.82) is 0 Å². The Balaban J connectivity index is 1.80. The third-order valence-corrected chi connectivity index (χ3v) is 3.52. The molecule has 3 heteroatoms. The second-order valence-electron chi connectivity index (χ2n) is 5.06. The van der Waals surface area contributed by atoms with Gasteiger partial charge in [0, 0.05) is 12.2 Å². The largest absolute Gasteiger partial charge is 0.323 e. The van der Waals surface area contributed by atoms with Crippen LogP contribution in [-0.2, 0) is 0 Å². The summed E-state index contributed by atoms with van der Waals surface area (Å²) in [6.07, 6.45) is 6.99. The number of aromatic nitrogens is 1. The van der Waals surface area contributed by atoms with Gasteiger partial charge in [-0.25, -0.2) is 0 Å². The molecule has 1 aliphatic heterocycles. The van der Waals surface area contributed by atoms with Crippen molar-refractivity contribution >= 4 is 0 Å². The van der Waals surface area contributed by atoms with Crippen LogP contribution in [0.4, 0.5) is 0 Å². The van der Waals surface area contributed by atoms with Crippen molar-refractivity contribution in [1.82, 2.24) is 9.88 Å². The van der Waals surface area contributed by atoms with Gasteiger partial charge in [-0.1, -0.05) is 12.5 Å². The highest BCUT2D eigenvalue weighted by molar-refractivity contribution is 5.14. The highest BCUT2D eigenvalue weighted by atomic mass is 15.1. The van der Waals surface area contributed by atoms with Gasteiger partial charge in [0.1, 0.15) is 0 Å². The number of rotatable bonds is 4. The first kappa shape index (κ1) is 12.5. The zero-order valence-corrected chi connectivity index (χ0v) is 10.7. The minimum absolute atomic E-state index is 0.0810. The molecule has 1 unspecified atom stereocenters. The average molecular weight is 233 g/mol. The van der Waals surface area contributed by atoms with Crippen LogP contribution in [0.5, 0.6) is 0 Å². The van der Waals surface area contributed by atoms with E-state index in [9.17, 15) is 0 Å². The van der Waals surface area contributed by atoms with E-state index < -0.39 is 0 Å². The fourth-order valence-electron chi connectivity index (χ4n) is 2.35. The Morgan fingerprint density at radius 3 is 2.71 bits per heavy atom. The second-order valence-corrected chi connectivity index (χ2v) is 5.06. The Kier molecular flexibility index (Phi) is 4.51. The van der Waals surface area contributed by atoms with Crippen molar-refractivity contribution < 1.29 is 0 Å². The third-order valence-electron chi connectivity index (χ3n) is 3.52. The Morgan fingerprint density at radius 2 is 2.06 bits per heavy atom. The fourth-order valence-corrected chi connectivity index (χ4v) is 2.35. The van der Waals surface area contributed by atoms with Gasteiger partial charge in [-0.05, 0) is 57.5 Å². The summed E-state index contributed by atoms with van der Waals surface area (Å²) in [5.41, 5.74) is 8.39. The number of hydrogen-bond acceptors (Lipinski definition) is 3. The van der Waals surface area contributed by atoms with Crippen molar-refractivity contribution in [2.45, 2.75) is 38.6 Å². The molecule has 0 aromatic carbocycles. The molecule has 2 rings (SSSR count). The molecule has 0 saturated carbocycles. The van der Waals surface area contributed by atoms with E-state index in [-0.39, 0.29) is 6.04 Å². The molecule has 1 aliphatic rings. The summed E-state index contributed by atoms with van der Waals surface area (Å²) in [6, 6.07) is 4.22. The van der Waals surface area contributed by atoms with E-state index in [1.165, 1.54) is 37.9 Å². The predicted octanol–water partition coefficient (Wildman–Crippen LogP) is 2.27. The molecular formula is C14H23N3. The fraction of sp³-hybridized carbons (Fsp3) is 0.643. The molecule has 1 fully saturated rings. The number of pyridine rings is 1. The summed E-state index contributed by atoms with van der Waals surface area (Å²) >= 11 is 0. The van der Waals surface area contributed by atoms with Gasteiger partial charge in [0.15, 0.2) is 0 Å². The monoisotopic (exact) mass is 233 g/mol. The van der Waals surface area contributed by atoms with Crippen LogP contribution in [-0.4, -0.2) is 29.5 Å². The van der Waals surface area contributed by atoms with Crippen LogP contribution in [0.2, 0.25) is 0 Å². The van der Waals surface area contributed by atoms with Crippen LogP contribution >= 0.6 is 0 Å². The highest BCUT2D eigenvalue weighted by Gasteiger charge is 2.13. The molecule has 1 aromatic heterocycles. The number of aryl methyl sites for hydroxylation is 1. The van der Waals surface area contributed by atoms with Crippen molar-refractivity contribution in [3.8, 4) is 0 Å². The average Bonchev–Trinajstić information content (AvgIpc) is 2.38. The van der Waals surface area contributed by atoms with E-state index in [2.05, 4.69) is 28.9 Å². The SMILES string of the molecule is Cc1ccc(C(N)CCN2CCCCC2)nc1. The lowest BCUT2D eigenvalue weighted by atomic mass is 10.1. The van der Waals surface area contributed by atoms with Gasteiger partial charge in [-0.2, -0.15) is 0 Å². The topological polar surface area (TPSA) is 42.1 Å². The van der Waals surface area contributed by atoms with Gasteiger partial charge < -0.3 is 10.6 Å². The van der Waals surface area contributed by atoms with Crippen LogP contribution in [0.15, 0.2) is 18.3 Å². The van der Waals surface area contributed by atoms with E-state index in [0.29, 0.717) is 0 Å². The van der Waals surface area contributed by atoms with E-state index in [1.54, 1.807) is 0 Å². The molecule has 0 radical (unpaired) electrons. The number of likely N-dealkylation sites (tertiary alicyclic amines) is 1. The molecule has 1 aromatic rings. The van der Waals surface area contributed by atoms with Crippen LogP contribution < -0.4 is 5.73 Å². The molecule has 17 heavy (non-hydrogen) atoms. The van der Waals surface area contributed by atoms with E-state index in [4.69, 9.17) is 5.73 Å². The lowest BCUT2D eigenvalue weighted by Crippen LogP contribution is -2.32. The van der Waals surface area contributed by atoms with E-state index in [1.807, 2.05) is 6.20 Å². The summed E-state index contributed by atoms with van der Waals surface area (Å²) in [6.45, 7) is 5.65. The Labute approximate surface area is 104 Å². The minimum atomic E-state index is 0.0810. The molecular weight excluding hydrogens is 210 g/mol. The first-order chi connectivity index (χ1) is 8.25. The molecule has 0 spiro atoms. The summed E-state index contributed by atoms with van der Waals surface area (Å²) in [4.78, 5) is 6.92. The number of piperidine rings is 1. The summed E-state index contributed by atoms with van der Waals surface area (Å²) < 4.78 is 0. The maximum Gasteiger partial charge on any atom is 0.0571 e. The second kappa shape index (κ2) is 6.12. The summed E-state index contributed by atoms with van der Waals surface area (Å²) in [5, 5.41) is 0. The molecule has 0 aliphatic carbocycles. The highest BCUT2D eigenvalue weighted by Crippen LogP contribution is 2.15. The lowest BCUT2D eigenvalue weighted by Gasteiger charge is -2.27. The van der Waals surface area contributed by atoms with Crippen LogP contribution in [0.1, 0.15) is 43.0 Å². The van der Waals surface area contributed by atoms with Crippen molar-refractivity contribution in [3.63, 3.8) is 0 Å². The lowest BCUT2D eigenvalue weighted by molar-refractivity contribution is 0.221. The molecule has 1 saturated heterocycles. The van der Waals surface area contributed by atoms with Gasteiger partial charge in [0.2, 0.25) is 0 Å². The summed E-state index contributed by atoms with van der Waals surface area (Å²) in [5.74, 6) is 0. The molecule has 0 amide bonds. The van der Waals surface area contributed by atoms with Crippen molar-refractivity contribution in [2.24, 2.45) is 5.73 Å². The smallest absolute Gasteiger partial charge is 0.0571 e. The van der Waals surface area contributed by atoms with E-state index in [0.717, 1.165) is 18.7 Å². The van der Waals surface area contributed by atoms with Crippen molar-refractivity contribution in [3.05, 3.63) is 29.6 Å². The zero-order valence-electron chi connectivity index (χ0n) is 10.7. The maximum absolute atomic E-state index is 6.17. The maximum atomic E-state index is 6.17. The molecule has 2 heterocycles. The van der Waals surface area contributed by atoms with Gasteiger partial charge in [-0.15, -0.1) is 0 Å². The first-order valence-electron chi connectivity index (χ1n) is 6.66. The molecule has 1 atom stereocenters. The van der Waals surface area contributed by atoms with Crippen LogP contribution in [0.25, 0.3) is 0 Å².